The van der Waals surface area contributed by atoms with Crippen molar-refractivity contribution in [3.05, 3.63) is 82.0 Å². The summed E-state index contributed by atoms with van der Waals surface area (Å²) in [5.74, 6) is -1.82. The summed E-state index contributed by atoms with van der Waals surface area (Å²) in [5.41, 5.74) is 5.68. The third-order valence-electron chi connectivity index (χ3n) is 9.68. The number of nitrogens with zero attached hydrogens (tertiary/aromatic N) is 5. The number of hydrazine groups is 1. The van der Waals surface area contributed by atoms with Crippen molar-refractivity contribution in [1.82, 2.24) is 29.7 Å². The second-order valence-corrected chi connectivity index (χ2v) is 12.8. The van der Waals surface area contributed by atoms with Gasteiger partial charge in [0, 0.05) is 64.3 Å². The van der Waals surface area contributed by atoms with Crippen LogP contribution in [0.4, 0.5) is 5.69 Å². The standard InChI is InChI=1S/C36H35N7O8/c1-40-17-24(21-10-11-37-14-23(21)34(40)47)19-12-28(50-3)25(29(13-19)51-4)18-42-15-20(16-42)33(46)41(2)39-26-7-5-6-22-31(26)36(49)43(35(22)48)27-8-9-30(44)38-32(27)45/h5-7,10-14,17,20,27,39H,8-9,15-16,18H2,1-4H3,(H,38,44,45). The Morgan fingerprint density at radius 3 is 2.41 bits per heavy atom. The normalized spacial score (nSPS) is 17.6. The van der Waals surface area contributed by atoms with Gasteiger partial charge in [-0.2, -0.15) is 0 Å². The molecule has 0 bridgehead atoms. The van der Waals surface area contributed by atoms with Crippen LogP contribution in [0.2, 0.25) is 0 Å². The van der Waals surface area contributed by atoms with Gasteiger partial charge >= 0.3 is 0 Å². The SMILES string of the molecule is COc1cc(-c2cn(C)c(=O)c3cnccc23)cc(OC)c1CN1CC(C(=O)N(C)Nc2cccc3c2C(=O)N(C2CCC(=O)NC2=O)C3=O)C1. The molecular weight excluding hydrogens is 658 g/mol. The van der Waals surface area contributed by atoms with E-state index in [9.17, 15) is 28.8 Å². The van der Waals surface area contributed by atoms with Gasteiger partial charge in [-0.1, -0.05) is 6.07 Å². The number of ether oxygens (including phenoxy) is 2. The summed E-state index contributed by atoms with van der Waals surface area (Å²) in [6.07, 6.45) is 5.04. The number of likely N-dealkylation sites (tertiary alicyclic amines) is 1. The molecule has 1 unspecified atom stereocenters. The predicted molar refractivity (Wildman–Crippen MR) is 184 cm³/mol. The van der Waals surface area contributed by atoms with Gasteiger partial charge in [-0.25, -0.2) is 0 Å². The molecule has 262 valence electrons. The van der Waals surface area contributed by atoms with Crippen LogP contribution in [0.1, 0.15) is 39.1 Å². The molecule has 2 aromatic carbocycles. The minimum absolute atomic E-state index is 0.0157. The van der Waals surface area contributed by atoms with E-state index < -0.39 is 29.7 Å². The first-order valence-electron chi connectivity index (χ1n) is 16.3. The number of aromatic nitrogens is 2. The van der Waals surface area contributed by atoms with Crippen molar-refractivity contribution in [3.8, 4) is 22.6 Å². The van der Waals surface area contributed by atoms with Gasteiger partial charge in [0.25, 0.3) is 17.4 Å². The zero-order valence-electron chi connectivity index (χ0n) is 28.4. The molecule has 4 aromatic rings. The molecule has 5 heterocycles. The van der Waals surface area contributed by atoms with Crippen molar-refractivity contribution >= 4 is 46.0 Å². The van der Waals surface area contributed by atoms with Crippen LogP contribution in [-0.2, 0) is 28.0 Å². The number of pyridine rings is 2. The Morgan fingerprint density at radius 2 is 1.73 bits per heavy atom. The van der Waals surface area contributed by atoms with E-state index in [0.29, 0.717) is 36.5 Å². The van der Waals surface area contributed by atoms with Crippen LogP contribution in [0.15, 0.2) is 59.8 Å². The predicted octanol–water partition coefficient (Wildman–Crippen LogP) is 1.94. The zero-order valence-corrected chi connectivity index (χ0v) is 28.4. The summed E-state index contributed by atoms with van der Waals surface area (Å²) in [4.78, 5) is 84.1. The van der Waals surface area contributed by atoms with Gasteiger partial charge in [-0.3, -0.25) is 59.3 Å². The molecule has 1 atom stereocenters. The van der Waals surface area contributed by atoms with Crippen LogP contribution in [-0.4, -0.2) is 94.3 Å². The van der Waals surface area contributed by atoms with Gasteiger partial charge in [0.15, 0.2) is 0 Å². The smallest absolute Gasteiger partial charge is 0.264 e. The number of rotatable bonds is 9. The molecule has 0 spiro atoms. The molecule has 3 aliphatic heterocycles. The Hall–Kier alpha value is -6.09. The highest BCUT2D eigenvalue weighted by atomic mass is 16.5. The molecule has 2 saturated heterocycles. The molecule has 15 heteroatoms. The number of benzene rings is 2. The maximum atomic E-state index is 13.5. The Kier molecular flexibility index (Phi) is 8.51. The van der Waals surface area contributed by atoms with E-state index in [2.05, 4.69) is 20.6 Å². The zero-order chi connectivity index (χ0) is 36.1. The summed E-state index contributed by atoms with van der Waals surface area (Å²) in [5, 5.41) is 4.75. The minimum Gasteiger partial charge on any atom is -0.496 e. The van der Waals surface area contributed by atoms with E-state index in [0.717, 1.165) is 27.0 Å². The van der Waals surface area contributed by atoms with Crippen LogP contribution in [0.3, 0.4) is 0 Å². The van der Waals surface area contributed by atoms with Crippen molar-refractivity contribution in [3.63, 3.8) is 0 Å². The number of amides is 5. The molecule has 51 heavy (non-hydrogen) atoms. The Labute approximate surface area is 291 Å². The van der Waals surface area contributed by atoms with Crippen molar-refractivity contribution in [1.29, 1.82) is 0 Å². The lowest BCUT2D eigenvalue weighted by Crippen LogP contribution is -2.54. The van der Waals surface area contributed by atoms with Crippen molar-refractivity contribution in [2.24, 2.45) is 13.0 Å². The fourth-order valence-electron chi connectivity index (χ4n) is 7.03. The lowest BCUT2D eigenvalue weighted by molar-refractivity contribution is -0.139. The summed E-state index contributed by atoms with van der Waals surface area (Å²) in [7, 11) is 6.40. The first-order chi connectivity index (χ1) is 24.5. The van der Waals surface area contributed by atoms with Gasteiger partial charge in [0.2, 0.25) is 17.7 Å². The molecule has 2 N–H and O–H groups in total. The average molecular weight is 694 g/mol. The Bertz CT molecular complexity index is 2180. The first kappa shape index (κ1) is 33.4. The van der Waals surface area contributed by atoms with Crippen molar-refractivity contribution < 1.29 is 33.4 Å². The number of methoxy groups -OCH3 is 2. The van der Waals surface area contributed by atoms with Crippen LogP contribution < -0.4 is 25.8 Å². The summed E-state index contributed by atoms with van der Waals surface area (Å²) in [6.45, 7) is 1.35. The number of nitrogens with one attached hydrogen (secondary N) is 2. The molecular formula is C36H35N7O8. The molecule has 0 aliphatic carbocycles. The molecule has 2 aromatic heterocycles. The van der Waals surface area contributed by atoms with Crippen molar-refractivity contribution in [2.45, 2.75) is 25.4 Å². The average Bonchev–Trinajstić information content (AvgIpc) is 3.36. The largest absolute Gasteiger partial charge is 0.496 e. The number of imide groups is 2. The lowest BCUT2D eigenvalue weighted by atomic mass is 9.96. The van der Waals surface area contributed by atoms with Gasteiger partial charge in [0.1, 0.15) is 17.5 Å². The van der Waals surface area contributed by atoms with Gasteiger partial charge in [-0.15, -0.1) is 0 Å². The number of hydrogen-bond acceptors (Lipinski definition) is 11. The number of anilines is 1. The highest BCUT2D eigenvalue weighted by Gasteiger charge is 2.46. The number of carbonyl (C=O) groups excluding carboxylic acids is 5. The Morgan fingerprint density at radius 1 is 1.00 bits per heavy atom. The summed E-state index contributed by atoms with van der Waals surface area (Å²) >= 11 is 0. The number of hydrogen-bond donors (Lipinski definition) is 2. The quantitative estimate of drug-likeness (QED) is 0.194. The number of piperidine rings is 1. The molecule has 7 rings (SSSR count). The maximum absolute atomic E-state index is 13.5. The fraction of sp³-hybridized carbons (Fsp3) is 0.306. The summed E-state index contributed by atoms with van der Waals surface area (Å²) in [6, 6.07) is 9.20. The third kappa shape index (κ3) is 5.74. The van der Waals surface area contributed by atoms with Crippen LogP contribution in [0.25, 0.3) is 21.9 Å². The second kappa shape index (κ2) is 13.0. The van der Waals surface area contributed by atoms with Crippen LogP contribution in [0, 0.1) is 5.92 Å². The Balaban J connectivity index is 1.04. The first-order valence-corrected chi connectivity index (χ1v) is 16.3. The molecule has 5 amide bonds. The van der Waals surface area contributed by atoms with Gasteiger partial charge in [-0.05, 0) is 47.7 Å². The van der Waals surface area contributed by atoms with Crippen molar-refractivity contribution in [2.75, 3.05) is 39.8 Å². The molecule has 15 nitrogen and oxygen atoms in total. The topological polar surface area (TPSA) is 172 Å². The fourth-order valence-corrected chi connectivity index (χ4v) is 7.03. The minimum atomic E-state index is -1.09. The molecule has 2 fully saturated rings. The highest BCUT2D eigenvalue weighted by molar-refractivity contribution is 6.25. The monoisotopic (exact) mass is 693 g/mol. The molecule has 0 radical (unpaired) electrons. The molecule has 3 aliphatic rings. The lowest BCUT2D eigenvalue weighted by Gasteiger charge is -2.40. The van der Waals surface area contributed by atoms with Crippen LogP contribution in [0.5, 0.6) is 11.5 Å². The summed E-state index contributed by atoms with van der Waals surface area (Å²) < 4.78 is 13.1. The number of fused-ring (bicyclic) bond motifs is 2. The van der Waals surface area contributed by atoms with Gasteiger partial charge in [0.05, 0.1) is 47.9 Å². The molecule has 0 saturated carbocycles. The van der Waals surface area contributed by atoms with Gasteiger partial charge < -0.3 is 14.0 Å². The maximum Gasteiger partial charge on any atom is 0.264 e. The third-order valence-corrected chi connectivity index (χ3v) is 9.68. The van der Waals surface area contributed by atoms with E-state index in [1.165, 1.54) is 15.6 Å². The number of aryl methyl sites for hydroxylation is 1. The van der Waals surface area contributed by atoms with E-state index >= 15 is 0 Å². The van der Waals surface area contributed by atoms with E-state index in [-0.39, 0.29) is 47.0 Å². The highest BCUT2D eigenvalue weighted by Crippen LogP contribution is 2.39. The van der Waals surface area contributed by atoms with E-state index in [4.69, 9.17) is 9.47 Å². The number of carbonyl (C=O) groups is 5. The second-order valence-electron chi connectivity index (χ2n) is 12.8. The van der Waals surface area contributed by atoms with E-state index in [1.807, 2.05) is 12.1 Å². The van der Waals surface area contributed by atoms with Crippen LogP contribution >= 0.6 is 0 Å². The van der Waals surface area contributed by atoms with E-state index in [1.54, 1.807) is 65.1 Å².